The number of hydrogen-bond donors (Lipinski definition) is 2. The van der Waals surface area contributed by atoms with Crippen molar-refractivity contribution in [2.45, 2.75) is 13.5 Å². The van der Waals surface area contributed by atoms with Crippen molar-refractivity contribution in [1.29, 1.82) is 0 Å². The Kier molecular flexibility index (Phi) is 6.67. The highest BCUT2D eigenvalue weighted by molar-refractivity contribution is 7.17. The molecule has 162 valence electrons. The van der Waals surface area contributed by atoms with Crippen LogP contribution in [0.25, 0.3) is 0 Å². The Morgan fingerprint density at radius 1 is 0.938 bits per heavy atom. The first kappa shape index (κ1) is 21.4. The van der Waals surface area contributed by atoms with Crippen molar-refractivity contribution in [3.8, 4) is 17.2 Å². The number of nitrogens with zero attached hydrogens (tertiary/aromatic N) is 1. The minimum atomic E-state index is -0.155. The first-order valence-corrected chi connectivity index (χ1v) is 10.9. The number of hydrogen-bond acceptors (Lipinski definition) is 6. The number of aryl methyl sites for hydroxylation is 1. The van der Waals surface area contributed by atoms with E-state index in [9.17, 15) is 4.79 Å². The summed E-state index contributed by atoms with van der Waals surface area (Å²) in [6.45, 7) is 2.24. The van der Waals surface area contributed by atoms with Crippen molar-refractivity contribution in [2.75, 3.05) is 12.4 Å². The van der Waals surface area contributed by atoms with Crippen LogP contribution in [0.3, 0.4) is 0 Å². The second-order valence-corrected chi connectivity index (χ2v) is 8.00. The van der Waals surface area contributed by atoms with Crippen LogP contribution in [0.2, 0.25) is 0 Å². The lowest BCUT2D eigenvalue weighted by atomic mass is 10.2. The summed E-state index contributed by atoms with van der Waals surface area (Å²) in [6, 6.07) is 24.9. The molecule has 0 bridgehead atoms. The van der Waals surface area contributed by atoms with Crippen molar-refractivity contribution in [1.82, 2.24) is 10.3 Å². The lowest BCUT2D eigenvalue weighted by molar-refractivity contribution is 0.0954. The van der Waals surface area contributed by atoms with Gasteiger partial charge in [0, 0.05) is 6.54 Å². The van der Waals surface area contributed by atoms with Gasteiger partial charge in [0.15, 0.2) is 5.13 Å². The van der Waals surface area contributed by atoms with Crippen LogP contribution in [0.4, 0.5) is 10.8 Å². The molecule has 7 heteroatoms. The van der Waals surface area contributed by atoms with E-state index < -0.39 is 0 Å². The molecular weight excluding hydrogens is 422 g/mol. The zero-order valence-corrected chi connectivity index (χ0v) is 18.6. The van der Waals surface area contributed by atoms with Gasteiger partial charge in [0.05, 0.1) is 18.5 Å². The van der Waals surface area contributed by atoms with Crippen LogP contribution in [-0.4, -0.2) is 18.0 Å². The molecule has 1 amide bonds. The summed E-state index contributed by atoms with van der Waals surface area (Å²) in [7, 11) is 1.62. The number of ether oxygens (including phenoxy) is 2. The summed E-state index contributed by atoms with van der Waals surface area (Å²) in [4.78, 5) is 17.8. The van der Waals surface area contributed by atoms with Crippen LogP contribution in [0.1, 0.15) is 20.9 Å². The van der Waals surface area contributed by atoms with Crippen LogP contribution >= 0.6 is 11.3 Å². The summed E-state index contributed by atoms with van der Waals surface area (Å²) in [5, 5.41) is 6.83. The Bertz CT molecular complexity index is 1190. The van der Waals surface area contributed by atoms with E-state index in [-0.39, 0.29) is 5.91 Å². The molecule has 0 saturated carbocycles. The maximum atomic E-state index is 12.7. The third-order valence-corrected chi connectivity index (χ3v) is 5.78. The second-order valence-electron chi connectivity index (χ2n) is 7.00. The highest BCUT2D eigenvalue weighted by atomic mass is 32.1. The summed E-state index contributed by atoms with van der Waals surface area (Å²) in [5.74, 6) is 2.09. The van der Waals surface area contributed by atoms with E-state index in [1.165, 1.54) is 11.3 Å². The fourth-order valence-corrected chi connectivity index (χ4v) is 3.98. The molecule has 0 aliphatic carbocycles. The predicted octanol–water partition coefficient (Wildman–Crippen LogP) is 5.93. The van der Waals surface area contributed by atoms with Crippen LogP contribution in [0, 0.1) is 6.92 Å². The van der Waals surface area contributed by atoms with Crippen molar-refractivity contribution in [3.05, 3.63) is 95.0 Å². The largest absolute Gasteiger partial charge is 0.495 e. The number of carbonyl (C=O) groups is 1. The standard InChI is InChI=1S/C25H23N3O3S/c1-17-23(32-25(27-17)28-21-10-6-7-11-22(21)30-2)24(29)26-16-18-12-14-20(15-13-18)31-19-8-4-3-5-9-19/h3-15H,16H2,1-2H3,(H,26,29)(H,27,28). The van der Waals surface area contributed by atoms with Crippen molar-refractivity contribution < 1.29 is 14.3 Å². The zero-order chi connectivity index (χ0) is 22.3. The van der Waals surface area contributed by atoms with E-state index in [1.54, 1.807) is 7.11 Å². The van der Waals surface area contributed by atoms with E-state index >= 15 is 0 Å². The van der Waals surface area contributed by atoms with Gasteiger partial charge in [-0.3, -0.25) is 4.79 Å². The molecule has 3 aromatic carbocycles. The molecular formula is C25H23N3O3S. The molecule has 0 aliphatic heterocycles. The summed E-state index contributed by atoms with van der Waals surface area (Å²) >= 11 is 1.31. The van der Waals surface area contributed by atoms with E-state index in [0.29, 0.717) is 28.0 Å². The van der Waals surface area contributed by atoms with Crippen LogP contribution in [-0.2, 0) is 6.54 Å². The molecule has 4 aromatic rings. The molecule has 0 aliphatic rings. The molecule has 0 fully saturated rings. The van der Waals surface area contributed by atoms with E-state index in [0.717, 1.165) is 22.7 Å². The maximum Gasteiger partial charge on any atom is 0.263 e. The molecule has 1 heterocycles. The van der Waals surface area contributed by atoms with Crippen LogP contribution in [0.15, 0.2) is 78.9 Å². The maximum absolute atomic E-state index is 12.7. The summed E-state index contributed by atoms with van der Waals surface area (Å²) in [6.07, 6.45) is 0. The molecule has 2 N–H and O–H groups in total. The van der Waals surface area contributed by atoms with Crippen LogP contribution < -0.4 is 20.1 Å². The molecule has 4 rings (SSSR count). The monoisotopic (exact) mass is 445 g/mol. The Morgan fingerprint density at radius 2 is 1.62 bits per heavy atom. The average molecular weight is 446 g/mol. The average Bonchev–Trinajstić information content (AvgIpc) is 3.19. The minimum Gasteiger partial charge on any atom is -0.495 e. The third kappa shape index (κ3) is 5.25. The molecule has 0 saturated heterocycles. The molecule has 6 nitrogen and oxygen atoms in total. The Morgan fingerprint density at radius 3 is 2.38 bits per heavy atom. The number of anilines is 2. The van der Waals surface area contributed by atoms with Gasteiger partial charge in [-0.25, -0.2) is 4.98 Å². The van der Waals surface area contributed by atoms with Gasteiger partial charge < -0.3 is 20.1 Å². The van der Waals surface area contributed by atoms with Gasteiger partial charge in [0.25, 0.3) is 5.91 Å². The SMILES string of the molecule is COc1ccccc1Nc1nc(C)c(C(=O)NCc2ccc(Oc3ccccc3)cc2)s1. The van der Waals surface area contributed by atoms with Gasteiger partial charge in [0.1, 0.15) is 22.1 Å². The molecule has 0 spiro atoms. The molecule has 32 heavy (non-hydrogen) atoms. The number of thiazole rings is 1. The topological polar surface area (TPSA) is 72.5 Å². The van der Waals surface area contributed by atoms with Crippen molar-refractivity contribution >= 4 is 28.1 Å². The minimum absolute atomic E-state index is 0.155. The third-order valence-electron chi connectivity index (χ3n) is 4.71. The highest BCUT2D eigenvalue weighted by Crippen LogP contribution is 2.30. The van der Waals surface area contributed by atoms with E-state index in [1.807, 2.05) is 85.8 Å². The number of benzene rings is 3. The number of amides is 1. The Labute approximate surface area is 190 Å². The number of carbonyl (C=O) groups excluding carboxylic acids is 1. The van der Waals surface area contributed by atoms with Gasteiger partial charge in [-0.05, 0) is 48.9 Å². The van der Waals surface area contributed by atoms with Gasteiger partial charge in [-0.2, -0.15) is 0 Å². The molecule has 0 unspecified atom stereocenters. The van der Waals surface area contributed by atoms with Gasteiger partial charge in [0.2, 0.25) is 0 Å². The lowest BCUT2D eigenvalue weighted by Crippen LogP contribution is -2.22. The number of aromatic nitrogens is 1. The fourth-order valence-electron chi connectivity index (χ4n) is 3.09. The first-order valence-electron chi connectivity index (χ1n) is 10.1. The number of rotatable bonds is 8. The van der Waals surface area contributed by atoms with Gasteiger partial charge >= 0.3 is 0 Å². The van der Waals surface area contributed by atoms with Crippen LogP contribution in [0.5, 0.6) is 17.2 Å². The van der Waals surface area contributed by atoms with Gasteiger partial charge in [-0.15, -0.1) is 0 Å². The van der Waals surface area contributed by atoms with E-state index in [4.69, 9.17) is 9.47 Å². The fraction of sp³-hybridized carbons (Fsp3) is 0.120. The summed E-state index contributed by atoms with van der Waals surface area (Å²) in [5.41, 5.74) is 2.46. The summed E-state index contributed by atoms with van der Waals surface area (Å²) < 4.78 is 11.2. The van der Waals surface area contributed by atoms with E-state index in [2.05, 4.69) is 15.6 Å². The number of nitrogens with one attached hydrogen (secondary N) is 2. The first-order chi connectivity index (χ1) is 15.6. The number of methoxy groups -OCH3 is 1. The molecule has 0 radical (unpaired) electrons. The Balaban J connectivity index is 1.36. The molecule has 1 aromatic heterocycles. The highest BCUT2D eigenvalue weighted by Gasteiger charge is 2.16. The van der Waals surface area contributed by atoms with Crippen molar-refractivity contribution in [2.24, 2.45) is 0 Å². The Hall–Kier alpha value is -3.84. The quantitative estimate of drug-likeness (QED) is 0.352. The molecule has 0 atom stereocenters. The number of para-hydroxylation sites is 3. The van der Waals surface area contributed by atoms with Crippen molar-refractivity contribution in [3.63, 3.8) is 0 Å². The second kappa shape index (κ2) is 9.98. The predicted molar refractivity (Wildman–Crippen MR) is 127 cm³/mol. The smallest absolute Gasteiger partial charge is 0.263 e. The zero-order valence-electron chi connectivity index (χ0n) is 17.8. The lowest BCUT2D eigenvalue weighted by Gasteiger charge is -2.08. The normalized spacial score (nSPS) is 10.4. The van der Waals surface area contributed by atoms with Gasteiger partial charge in [-0.1, -0.05) is 53.8 Å².